The van der Waals surface area contributed by atoms with Gasteiger partial charge >= 0.3 is 0 Å². The van der Waals surface area contributed by atoms with Crippen LogP contribution in [0.4, 0.5) is 0 Å². The third-order valence-corrected chi connectivity index (χ3v) is 3.90. The van der Waals surface area contributed by atoms with Gasteiger partial charge in [0.15, 0.2) is 0 Å². The molecule has 94 valence electrons. The molecule has 2 rings (SSSR count). The molecule has 1 fully saturated rings. The first kappa shape index (κ1) is 12.6. The van der Waals surface area contributed by atoms with Gasteiger partial charge in [0, 0.05) is 19.0 Å². The third-order valence-electron chi connectivity index (χ3n) is 3.90. The molecular formula is C15H23NO. The fourth-order valence-corrected chi connectivity index (χ4v) is 2.46. The SMILES string of the molecule is CCC1(Cc2ccccc2)CNC(C)C(C)O1. The van der Waals surface area contributed by atoms with Crippen LogP contribution in [0, 0.1) is 0 Å². The van der Waals surface area contributed by atoms with Crippen molar-refractivity contribution in [2.45, 2.75) is 51.4 Å². The van der Waals surface area contributed by atoms with E-state index in [-0.39, 0.29) is 11.7 Å². The molecular weight excluding hydrogens is 210 g/mol. The Morgan fingerprint density at radius 1 is 1.29 bits per heavy atom. The molecule has 0 radical (unpaired) electrons. The molecule has 0 spiro atoms. The summed E-state index contributed by atoms with van der Waals surface area (Å²) in [6.07, 6.45) is 2.33. The number of hydrogen-bond acceptors (Lipinski definition) is 2. The molecule has 0 bridgehead atoms. The van der Waals surface area contributed by atoms with Crippen LogP contribution in [0.25, 0.3) is 0 Å². The molecule has 3 atom stereocenters. The van der Waals surface area contributed by atoms with Gasteiger partial charge in [-0.25, -0.2) is 0 Å². The molecule has 1 aromatic rings. The average Bonchev–Trinajstić information content (AvgIpc) is 2.35. The summed E-state index contributed by atoms with van der Waals surface area (Å²) in [4.78, 5) is 0. The summed E-state index contributed by atoms with van der Waals surface area (Å²) >= 11 is 0. The minimum absolute atomic E-state index is 0.0344. The van der Waals surface area contributed by atoms with Crippen molar-refractivity contribution >= 4 is 0 Å². The molecule has 1 aromatic carbocycles. The van der Waals surface area contributed by atoms with Crippen LogP contribution in [0.3, 0.4) is 0 Å². The lowest BCUT2D eigenvalue weighted by Gasteiger charge is -2.43. The first-order chi connectivity index (χ1) is 8.15. The van der Waals surface area contributed by atoms with E-state index in [2.05, 4.69) is 56.4 Å². The van der Waals surface area contributed by atoms with Gasteiger partial charge in [0.2, 0.25) is 0 Å². The number of benzene rings is 1. The van der Waals surface area contributed by atoms with Crippen molar-refractivity contribution in [2.24, 2.45) is 0 Å². The van der Waals surface area contributed by atoms with Gasteiger partial charge in [0.1, 0.15) is 0 Å². The molecule has 1 aliphatic rings. The van der Waals surface area contributed by atoms with E-state index in [1.54, 1.807) is 0 Å². The Kier molecular flexibility index (Phi) is 3.85. The van der Waals surface area contributed by atoms with Gasteiger partial charge in [-0.05, 0) is 25.8 Å². The second-order valence-corrected chi connectivity index (χ2v) is 5.19. The van der Waals surface area contributed by atoms with Crippen molar-refractivity contribution in [3.8, 4) is 0 Å². The smallest absolute Gasteiger partial charge is 0.0848 e. The molecule has 1 heterocycles. The Balaban J connectivity index is 2.10. The molecule has 0 aromatic heterocycles. The van der Waals surface area contributed by atoms with Crippen molar-refractivity contribution < 1.29 is 4.74 Å². The molecule has 3 unspecified atom stereocenters. The highest BCUT2D eigenvalue weighted by atomic mass is 16.5. The zero-order valence-electron chi connectivity index (χ0n) is 11.1. The highest BCUT2D eigenvalue weighted by molar-refractivity contribution is 5.18. The second kappa shape index (κ2) is 5.19. The van der Waals surface area contributed by atoms with E-state index in [0.717, 1.165) is 19.4 Å². The van der Waals surface area contributed by atoms with Crippen LogP contribution in [0.2, 0.25) is 0 Å². The quantitative estimate of drug-likeness (QED) is 0.867. The molecule has 2 heteroatoms. The van der Waals surface area contributed by atoms with Crippen LogP contribution in [-0.4, -0.2) is 24.3 Å². The van der Waals surface area contributed by atoms with Gasteiger partial charge in [0.25, 0.3) is 0 Å². The van der Waals surface area contributed by atoms with Gasteiger partial charge in [-0.2, -0.15) is 0 Å². The molecule has 2 nitrogen and oxygen atoms in total. The summed E-state index contributed by atoms with van der Waals surface area (Å²) in [5.41, 5.74) is 1.32. The zero-order valence-corrected chi connectivity index (χ0v) is 11.1. The van der Waals surface area contributed by atoms with Crippen LogP contribution >= 0.6 is 0 Å². The Labute approximate surface area is 104 Å². The van der Waals surface area contributed by atoms with Gasteiger partial charge in [-0.1, -0.05) is 37.3 Å². The molecule has 0 saturated carbocycles. The van der Waals surface area contributed by atoms with E-state index in [9.17, 15) is 0 Å². The summed E-state index contributed by atoms with van der Waals surface area (Å²) in [6.45, 7) is 7.51. The summed E-state index contributed by atoms with van der Waals surface area (Å²) in [6, 6.07) is 11.1. The van der Waals surface area contributed by atoms with E-state index >= 15 is 0 Å². The zero-order chi connectivity index (χ0) is 12.3. The van der Waals surface area contributed by atoms with E-state index in [4.69, 9.17) is 4.74 Å². The normalized spacial score (nSPS) is 33.6. The topological polar surface area (TPSA) is 21.3 Å². The Bertz CT molecular complexity index is 351. The highest BCUT2D eigenvalue weighted by Gasteiger charge is 2.37. The number of rotatable bonds is 3. The molecule has 0 aliphatic carbocycles. The van der Waals surface area contributed by atoms with Crippen molar-refractivity contribution in [3.63, 3.8) is 0 Å². The van der Waals surface area contributed by atoms with Gasteiger partial charge in [-0.15, -0.1) is 0 Å². The first-order valence-corrected chi connectivity index (χ1v) is 6.60. The van der Waals surface area contributed by atoms with Crippen molar-refractivity contribution in [2.75, 3.05) is 6.54 Å². The number of morpholine rings is 1. The van der Waals surface area contributed by atoms with Crippen LogP contribution in [0.15, 0.2) is 30.3 Å². The minimum atomic E-state index is -0.0344. The summed E-state index contributed by atoms with van der Waals surface area (Å²) in [5, 5.41) is 3.57. The maximum Gasteiger partial charge on any atom is 0.0848 e. The predicted molar refractivity (Wildman–Crippen MR) is 71.2 cm³/mol. The van der Waals surface area contributed by atoms with E-state index in [0.29, 0.717) is 6.04 Å². The largest absolute Gasteiger partial charge is 0.369 e. The maximum absolute atomic E-state index is 6.28. The van der Waals surface area contributed by atoms with E-state index in [1.807, 2.05) is 0 Å². The van der Waals surface area contributed by atoms with Gasteiger partial charge in [-0.3, -0.25) is 0 Å². The molecule has 0 amide bonds. The minimum Gasteiger partial charge on any atom is -0.369 e. The Morgan fingerprint density at radius 3 is 2.59 bits per heavy atom. The van der Waals surface area contributed by atoms with Crippen molar-refractivity contribution in [1.82, 2.24) is 5.32 Å². The highest BCUT2D eigenvalue weighted by Crippen LogP contribution is 2.27. The molecule has 1 saturated heterocycles. The number of nitrogens with one attached hydrogen (secondary N) is 1. The molecule has 1 aliphatic heterocycles. The lowest BCUT2D eigenvalue weighted by molar-refractivity contribution is -0.126. The standard InChI is InChI=1S/C15H23NO/c1-4-15(10-14-8-6-5-7-9-14)11-16-12(2)13(3)17-15/h5-9,12-13,16H,4,10-11H2,1-3H3. The number of ether oxygens (including phenoxy) is 1. The fraction of sp³-hybridized carbons (Fsp3) is 0.600. The second-order valence-electron chi connectivity index (χ2n) is 5.19. The predicted octanol–water partition coefficient (Wildman–Crippen LogP) is 2.77. The van der Waals surface area contributed by atoms with Crippen molar-refractivity contribution in [1.29, 1.82) is 0 Å². The Morgan fingerprint density at radius 2 is 2.00 bits per heavy atom. The summed E-state index contributed by atoms with van der Waals surface area (Å²) in [7, 11) is 0. The summed E-state index contributed by atoms with van der Waals surface area (Å²) in [5.74, 6) is 0. The van der Waals surface area contributed by atoms with Crippen LogP contribution < -0.4 is 5.32 Å². The van der Waals surface area contributed by atoms with E-state index in [1.165, 1.54) is 5.56 Å². The average molecular weight is 233 g/mol. The molecule has 17 heavy (non-hydrogen) atoms. The van der Waals surface area contributed by atoms with Crippen LogP contribution in [-0.2, 0) is 11.2 Å². The van der Waals surface area contributed by atoms with Gasteiger partial charge < -0.3 is 10.1 Å². The first-order valence-electron chi connectivity index (χ1n) is 6.60. The maximum atomic E-state index is 6.28. The lowest BCUT2D eigenvalue weighted by atomic mass is 9.89. The molecule has 1 N–H and O–H groups in total. The summed E-state index contributed by atoms with van der Waals surface area (Å²) < 4.78 is 6.28. The lowest BCUT2D eigenvalue weighted by Crippen LogP contribution is -2.58. The Hall–Kier alpha value is -0.860. The van der Waals surface area contributed by atoms with Crippen molar-refractivity contribution in [3.05, 3.63) is 35.9 Å². The van der Waals surface area contributed by atoms with Crippen LogP contribution in [0.1, 0.15) is 32.8 Å². The fourth-order valence-electron chi connectivity index (χ4n) is 2.46. The third kappa shape index (κ3) is 2.88. The van der Waals surface area contributed by atoms with E-state index < -0.39 is 0 Å². The van der Waals surface area contributed by atoms with Crippen LogP contribution in [0.5, 0.6) is 0 Å². The monoisotopic (exact) mass is 233 g/mol. The van der Waals surface area contributed by atoms with Gasteiger partial charge in [0.05, 0.1) is 11.7 Å². The number of hydrogen-bond donors (Lipinski definition) is 1.